The molecule has 0 amide bonds. The molecule has 0 saturated carbocycles. The number of aliphatic hydroxyl groups excluding tert-OH is 1. The third-order valence-corrected chi connectivity index (χ3v) is 7.81. The van der Waals surface area contributed by atoms with Gasteiger partial charge in [-0.15, -0.1) is 11.3 Å². The van der Waals surface area contributed by atoms with Crippen LogP contribution in [0.2, 0.25) is 0 Å². The summed E-state index contributed by atoms with van der Waals surface area (Å²) in [5.41, 5.74) is 2.99. The number of nitrogens with zero attached hydrogens (tertiary/aromatic N) is 6. The predicted molar refractivity (Wildman–Crippen MR) is 134 cm³/mol. The molecular formula is C24H29N7O2S. The van der Waals surface area contributed by atoms with Crippen molar-refractivity contribution in [1.82, 2.24) is 30.0 Å². The van der Waals surface area contributed by atoms with Gasteiger partial charge >= 0.3 is 0 Å². The number of ether oxygens (including phenoxy) is 1. The lowest BCUT2D eigenvalue weighted by molar-refractivity contribution is 0.109. The highest BCUT2D eigenvalue weighted by atomic mass is 32.1. The summed E-state index contributed by atoms with van der Waals surface area (Å²) < 4.78 is 6.76. The summed E-state index contributed by atoms with van der Waals surface area (Å²) in [6.45, 7) is 9.06. The number of hydrogen-bond donors (Lipinski definition) is 2. The topological polar surface area (TPSA) is 93.6 Å². The molecule has 9 nitrogen and oxygen atoms in total. The fraction of sp³-hybridized carbons (Fsp3) is 0.458. The van der Waals surface area contributed by atoms with Crippen LogP contribution in [0, 0.1) is 0 Å². The zero-order valence-corrected chi connectivity index (χ0v) is 19.9. The molecule has 1 aromatic carbocycles. The van der Waals surface area contributed by atoms with Crippen molar-refractivity contribution in [1.29, 1.82) is 0 Å². The zero-order chi connectivity index (χ0) is 22.9. The normalized spacial score (nSPS) is 18.3. The maximum absolute atomic E-state index is 9.20. The third kappa shape index (κ3) is 4.27. The molecule has 0 bridgehead atoms. The fourth-order valence-electron chi connectivity index (χ4n) is 4.85. The first-order chi connectivity index (χ1) is 16.8. The minimum absolute atomic E-state index is 0.230. The Kier molecular flexibility index (Phi) is 6.15. The number of H-pyrrole nitrogens is 1. The number of benzene rings is 1. The summed E-state index contributed by atoms with van der Waals surface area (Å²) in [6, 6.07) is 8.36. The SMILES string of the molecule is OCCN1CCN(Cc2cc3nc(-c4cccc5[nH]ncc45)nc(N4CCOCC4)c3s2)CC1. The number of piperazine rings is 1. The largest absolute Gasteiger partial charge is 0.395 e. The summed E-state index contributed by atoms with van der Waals surface area (Å²) in [5.74, 6) is 1.75. The Balaban J connectivity index is 1.35. The van der Waals surface area contributed by atoms with Crippen LogP contribution in [0.25, 0.3) is 32.5 Å². The molecule has 2 N–H and O–H groups in total. The molecule has 2 aliphatic rings. The number of anilines is 1. The van der Waals surface area contributed by atoms with Crippen LogP contribution in [-0.2, 0) is 11.3 Å². The third-order valence-electron chi connectivity index (χ3n) is 6.70. The van der Waals surface area contributed by atoms with E-state index >= 15 is 0 Å². The number of β-amino-alcohol motifs (C(OH)–C–C–N with tert-alkyl or cyclic N) is 1. The highest BCUT2D eigenvalue weighted by Gasteiger charge is 2.22. The van der Waals surface area contributed by atoms with Gasteiger partial charge in [-0.1, -0.05) is 12.1 Å². The highest BCUT2D eigenvalue weighted by Crippen LogP contribution is 2.36. The number of aromatic nitrogens is 4. The van der Waals surface area contributed by atoms with E-state index in [-0.39, 0.29) is 6.61 Å². The Morgan fingerprint density at radius 3 is 2.68 bits per heavy atom. The van der Waals surface area contributed by atoms with E-state index in [1.807, 2.05) is 29.7 Å². The van der Waals surface area contributed by atoms with Gasteiger partial charge in [0.05, 0.1) is 41.8 Å². The molecule has 3 aromatic heterocycles. The van der Waals surface area contributed by atoms with Gasteiger partial charge in [0.25, 0.3) is 0 Å². The second-order valence-corrected chi connectivity index (χ2v) is 10.0. The van der Waals surface area contributed by atoms with Gasteiger partial charge in [-0.3, -0.25) is 14.9 Å². The number of nitrogens with one attached hydrogen (secondary N) is 1. The summed E-state index contributed by atoms with van der Waals surface area (Å²) in [7, 11) is 0. The lowest BCUT2D eigenvalue weighted by Gasteiger charge is -2.34. The van der Waals surface area contributed by atoms with Gasteiger partial charge in [-0.2, -0.15) is 5.10 Å². The molecule has 0 unspecified atom stereocenters. The molecule has 10 heteroatoms. The van der Waals surface area contributed by atoms with Crippen molar-refractivity contribution in [2.45, 2.75) is 6.54 Å². The number of fused-ring (bicyclic) bond motifs is 2. The summed E-state index contributed by atoms with van der Waals surface area (Å²) in [6.07, 6.45) is 1.85. The Hall–Kier alpha value is -2.63. The molecule has 2 saturated heterocycles. The van der Waals surface area contributed by atoms with Crippen molar-refractivity contribution < 1.29 is 9.84 Å². The second kappa shape index (κ2) is 9.55. The first-order valence-corrected chi connectivity index (χ1v) is 12.7. The van der Waals surface area contributed by atoms with Crippen LogP contribution in [0.1, 0.15) is 4.88 Å². The lowest BCUT2D eigenvalue weighted by Crippen LogP contribution is -2.46. The zero-order valence-electron chi connectivity index (χ0n) is 19.1. The first kappa shape index (κ1) is 21.9. The average molecular weight is 480 g/mol. The van der Waals surface area contributed by atoms with Gasteiger partial charge in [0, 0.05) is 68.2 Å². The quantitative estimate of drug-likeness (QED) is 0.435. The lowest BCUT2D eigenvalue weighted by atomic mass is 10.1. The molecule has 178 valence electrons. The van der Waals surface area contributed by atoms with Crippen LogP contribution in [0.3, 0.4) is 0 Å². The molecule has 6 rings (SSSR count). The standard InChI is InChI=1S/C24H29N7O2S/c32-11-8-29-4-6-30(7-5-29)16-17-14-21-22(34-17)24(31-9-12-33-13-10-31)27-23(26-21)18-2-1-3-20-19(18)15-25-28-20/h1-3,14-15,32H,4-13,16H2,(H,25,28). The molecule has 0 aliphatic carbocycles. The van der Waals surface area contributed by atoms with Crippen LogP contribution < -0.4 is 4.90 Å². The van der Waals surface area contributed by atoms with Crippen LogP contribution in [-0.4, -0.2) is 101 Å². The average Bonchev–Trinajstić information content (AvgIpc) is 3.52. The predicted octanol–water partition coefficient (Wildman–Crippen LogP) is 2.18. The molecule has 2 fully saturated rings. The van der Waals surface area contributed by atoms with Crippen molar-refractivity contribution in [3.05, 3.63) is 35.3 Å². The Morgan fingerprint density at radius 2 is 1.85 bits per heavy atom. The van der Waals surface area contributed by atoms with Gasteiger partial charge < -0.3 is 14.7 Å². The smallest absolute Gasteiger partial charge is 0.162 e. The van der Waals surface area contributed by atoms with E-state index < -0.39 is 0 Å². The number of rotatable bonds is 6. The monoisotopic (exact) mass is 479 g/mol. The van der Waals surface area contributed by atoms with E-state index in [4.69, 9.17) is 14.7 Å². The number of aliphatic hydroxyl groups is 1. The second-order valence-electron chi connectivity index (χ2n) is 8.88. The maximum atomic E-state index is 9.20. The molecular weight excluding hydrogens is 450 g/mol. The van der Waals surface area contributed by atoms with Crippen molar-refractivity contribution in [3.63, 3.8) is 0 Å². The van der Waals surface area contributed by atoms with Gasteiger partial charge in [-0.05, 0) is 12.1 Å². The van der Waals surface area contributed by atoms with Crippen molar-refractivity contribution >= 4 is 38.3 Å². The van der Waals surface area contributed by atoms with Gasteiger partial charge in [0.2, 0.25) is 0 Å². The fourth-order valence-corrected chi connectivity index (χ4v) is 6.00. The number of aromatic amines is 1. The van der Waals surface area contributed by atoms with Crippen LogP contribution in [0.4, 0.5) is 5.82 Å². The van der Waals surface area contributed by atoms with E-state index in [1.54, 1.807) is 0 Å². The molecule has 0 atom stereocenters. The maximum Gasteiger partial charge on any atom is 0.162 e. The molecule has 0 radical (unpaired) electrons. The Morgan fingerprint density at radius 1 is 1.03 bits per heavy atom. The Bertz CT molecular complexity index is 1280. The first-order valence-electron chi connectivity index (χ1n) is 11.9. The number of morpholine rings is 1. The number of hydrogen-bond acceptors (Lipinski definition) is 9. The van der Waals surface area contributed by atoms with Crippen LogP contribution in [0.5, 0.6) is 0 Å². The van der Waals surface area contributed by atoms with Gasteiger partial charge in [0.1, 0.15) is 0 Å². The molecule has 0 spiro atoms. The highest BCUT2D eigenvalue weighted by molar-refractivity contribution is 7.19. The molecule has 34 heavy (non-hydrogen) atoms. The van der Waals surface area contributed by atoms with E-state index in [1.165, 1.54) is 4.88 Å². The molecule has 2 aliphatic heterocycles. The Labute approximate surface area is 202 Å². The summed E-state index contributed by atoms with van der Waals surface area (Å²) >= 11 is 1.81. The van der Waals surface area contributed by atoms with Crippen molar-refractivity contribution in [2.75, 3.05) is 70.5 Å². The van der Waals surface area contributed by atoms with E-state index in [0.29, 0.717) is 13.2 Å². The van der Waals surface area contributed by atoms with E-state index in [0.717, 1.165) is 90.7 Å². The van der Waals surface area contributed by atoms with Crippen LogP contribution in [0.15, 0.2) is 30.5 Å². The van der Waals surface area contributed by atoms with Gasteiger partial charge in [-0.25, -0.2) is 9.97 Å². The minimum Gasteiger partial charge on any atom is -0.395 e. The van der Waals surface area contributed by atoms with Crippen molar-refractivity contribution in [2.24, 2.45) is 0 Å². The van der Waals surface area contributed by atoms with E-state index in [2.05, 4.69) is 37.0 Å². The van der Waals surface area contributed by atoms with E-state index in [9.17, 15) is 5.11 Å². The van der Waals surface area contributed by atoms with Crippen molar-refractivity contribution in [3.8, 4) is 11.4 Å². The molecule has 5 heterocycles. The number of thiophene rings is 1. The van der Waals surface area contributed by atoms with Crippen LogP contribution >= 0.6 is 11.3 Å². The summed E-state index contributed by atoms with van der Waals surface area (Å²) in [4.78, 5) is 18.6. The minimum atomic E-state index is 0.230. The summed E-state index contributed by atoms with van der Waals surface area (Å²) in [5, 5.41) is 17.5. The van der Waals surface area contributed by atoms with Gasteiger partial charge in [0.15, 0.2) is 11.6 Å². The molecule has 4 aromatic rings.